The lowest BCUT2D eigenvalue weighted by atomic mass is 9.79. The smallest absolute Gasteiger partial charge is 0.0647 e. The van der Waals surface area contributed by atoms with E-state index in [9.17, 15) is 0 Å². The summed E-state index contributed by atoms with van der Waals surface area (Å²) in [5.41, 5.74) is 2.57. The molecule has 1 saturated carbocycles. The number of nitrogens with one attached hydrogen (secondary N) is 1. The summed E-state index contributed by atoms with van der Waals surface area (Å²) in [7, 11) is 0. The first-order valence-electron chi connectivity index (χ1n) is 6.51. The molecule has 0 amide bonds. The number of aromatic nitrogens is 1. The Hall–Kier alpha value is -0.950. The molecule has 1 N–H and O–H groups in total. The Morgan fingerprint density at radius 3 is 3.00 bits per heavy atom. The third kappa shape index (κ3) is 1.97. The number of halogens is 1. The Morgan fingerprint density at radius 2 is 2.18 bits per heavy atom. The quantitative estimate of drug-likeness (QED) is 0.720. The van der Waals surface area contributed by atoms with Gasteiger partial charge in [0, 0.05) is 11.6 Å². The average molecular weight is 248 g/mol. The molecule has 2 heteroatoms. The van der Waals surface area contributed by atoms with Gasteiger partial charge >= 0.3 is 0 Å². The lowest BCUT2D eigenvalue weighted by Gasteiger charge is -2.26. The van der Waals surface area contributed by atoms with E-state index in [4.69, 9.17) is 11.6 Å². The number of hydrogen-bond donors (Lipinski definition) is 1. The maximum Gasteiger partial charge on any atom is 0.0647 e. The lowest BCUT2D eigenvalue weighted by molar-refractivity contribution is 0.345. The van der Waals surface area contributed by atoms with E-state index < -0.39 is 0 Å². The van der Waals surface area contributed by atoms with Gasteiger partial charge in [-0.3, -0.25) is 0 Å². The van der Waals surface area contributed by atoms with E-state index in [0.29, 0.717) is 5.92 Å². The number of fused-ring (bicyclic) bond motifs is 1. The fourth-order valence-electron chi connectivity index (χ4n) is 3.19. The van der Waals surface area contributed by atoms with Gasteiger partial charge in [-0.2, -0.15) is 0 Å². The summed E-state index contributed by atoms with van der Waals surface area (Å²) in [6.45, 7) is 2.37. The van der Waals surface area contributed by atoms with Gasteiger partial charge in [0.05, 0.1) is 10.5 Å². The van der Waals surface area contributed by atoms with Crippen molar-refractivity contribution in [2.45, 2.75) is 38.5 Å². The topological polar surface area (TPSA) is 15.8 Å². The van der Waals surface area contributed by atoms with Crippen molar-refractivity contribution >= 4 is 22.5 Å². The molecular weight excluding hydrogens is 230 g/mol. The largest absolute Gasteiger partial charge is 0.360 e. The molecule has 1 aromatic heterocycles. The summed E-state index contributed by atoms with van der Waals surface area (Å²) in [5, 5.41) is 2.15. The number of aromatic amines is 1. The maximum atomic E-state index is 6.21. The van der Waals surface area contributed by atoms with Crippen molar-refractivity contribution in [2.24, 2.45) is 5.92 Å². The van der Waals surface area contributed by atoms with Crippen molar-refractivity contribution in [3.8, 4) is 0 Å². The van der Waals surface area contributed by atoms with Crippen molar-refractivity contribution in [1.29, 1.82) is 0 Å². The minimum Gasteiger partial charge on any atom is -0.360 e. The number of para-hydroxylation sites is 1. The second-order valence-electron chi connectivity index (χ2n) is 5.38. The molecule has 1 nitrogen and oxygen atoms in total. The zero-order valence-corrected chi connectivity index (χ0v) is 10.9. The summed E-state index contributed by atoms with van der Waals surface area (Å²) in [6.07, 6.45) is 7.56. The number of hydrogen-bond acceptors (Lipinski definition) is 0. The van der Waals surface area contributed by atoms with Crippen molar-refractivity contribution in [2.75, 3.05) is 0 Å². The summed E-state index contributed by atoms with van der Waals surface area (Å²) in [4.78, 5) is 3.34. The van der Waals surface area contributed by atoms with Crippen molar-refractivity contribution in [1.82, 2.24) is 4.98 Å². The van der Waals surface area contributed by atoms with Crippen LogP contribution in [0.1, 0.15) is 44.1 Å². The van der Waals surface area contributed by atoms with E-state index in [0.717, 1.165) is 16.5 Å². The molecule has 1 fully saturated rings. The predicted octanol–water partition coefficient (Wildman–Crippen LogP) is 5.12. The van der Waals surface area contributed by atoms with E-state index in [1.54, 1.807) is 0 Å². The predicted molar refractivity (Wildman–Crippen MR) is 73.7 cm³/mol. The minimum absolute atomic E-state index is 0.714. The Kier molecular flexibility index (Phi) is 2.87. The molecule has 2 unspecified atom stereocenters. The van der Waals surface area contributed by atoms with Crippen LogP contribution in [0.2, 0.25) is 5.02 Å². The minimum atomic E-state index is 0.714. The molecule has 1 heterocycles. The zero-order chi connectivity index (χ0) is 11.8. The molecular formula is C15H18ClN. The van der Waals surface area contributed by atoms with E-state index in [1.807, 2.05) is 12.1 Å². The molecule has 1 aromatic carbocycles. The summed E-state index contributed by atoms with van der Waals surface area (Å²) in [5.74, 6) is 1.57. The van der Waals surface area contributed by atoms with Crippen LogP contribution in [0.25, 0.3) is 10.9 Å². The first-order chi connectivity index (χ1) is 8.25. The Bertz CT molecular complexity index is 529. The molecule has 0 aliphatic heterocycles. The van der Waals surface area contributed by atoms with E-state index in [1.165, 1.54) is 36.6 Å². The van der Waals surface area contributed by atoms with Crippen LogP contribution in [-0.4, -0.2) is 4.98 Å². The van der Waals surface area contributed by atoms with Gasteiger partial charge in [-0.1, -0.05) is 43.5 Å². The van der Waals surface area contributed by atoms with Gasteiger partial charge in [0.1, 0.15) is 0 Å². The van der Waals surface area contributed by atoms with Crippen LogP contribution < -0.4 is 0 Å². The molecule has 0 saturated heterocycles. The zero-order valence-electron chi connectivity index (χ0n) is 10.2. The van der Waals surface area contributed by atoms with E-state index >= 15 is 0 Å². The van der Waals surface area contributed by atoms with Crippen molar-refractivity contribution < 1.29 is 0 Å². The van der Waals surface area contributed by atoms with Crippen LogP contribution in [-0.2, 0) is 0 Å². The van der Waals surface area contributed by atoms with Crippen LogP contribution in [0.15, 0.2) is 24.4 Å². The van der Waals surface area contributed by atoms with E-state index in [-0.39, 0.29) is 0 Å². The van der Waals surface area contributed by atoms with Gasteiger partial charge in [-0.25, -0.2) is 0 Å². The summed E-state index contributed by atoms with van der Waals surface area (Å²) >= 11 is 6.21. The van der Waals surface area contributed by atoms with Crippen LogP contribution in [0.5, 0.6) is 0 Å². The number of H-pyrrole nitrogens is 1. The highest BCUT2D eigenvalue weighted by molar-refractivity contribution is 6.35. The lowest BCUT2D eigenvalue weighted by Crippen LogP contribution is -2.11. The molecule has 1 aliphatic carbocycles. The van der Waals surface area contributed by atoms with E-state index in [2.05, 4.69) is 24.2 Å². The molecule has 0 bridgehead atoms. The maximum absolute atomic E-state index is 6.21. The fourth-order valence-corrected chi connectivity index (χ4v) is 3.42. The van der Waals surface area contributed by atoms with Gasteiger partial charge in [-0.05, 0) is 36.3 Å². The highest BCUT2D eigenvalue weighted by Gasteiger charge is 2.22. The van der Waals surface area contributed by atoms with Crippen LogP contribution >= 0.6 is 11.6 Å². The van der Waals surface area contributed by atoms with Gasteiger partial charge in [0.25, 0.3) is 0 Å². The Labute approximate surface area is 107 Å². The molecule has 2 aromatic rings. The van der Waals surface area contributed by atoms with Crippen LogP contribution in [0, 0.1) is 5.92 Å². The second-order valence-corrected chi connectivity index (χ2v) is 5.78. The van der Waals surface area contributed by atoms with Gasteiger partial charge in [0.15, 0.2) is 0 Å². The molecule has 0 spiro atoms. The normalized spacial score (nSPS) is 25.3. The standard InChI is InChI=1S/C15H18ClN/c1-10-4-2-5-11(8-10)13-9-17-15-12(13)6-3-7-14(15)16/h3,6-7,9-11,17H,2,4-5,8H2,1H3. The summed E-state index contributed by atoms with van der Waals surface area (Å²) in [6, 6.07) is 6.19. The first kappa shape index (κ1) is 11.2. The number of rotatable bonds is 1. The van der Waals surface area contributed by atoms with Crippen LogP contribution in [0.3, 0.4) is 0 Å². The monoisotopic (exact) mass is 247 g/mol. The third-order valence-electron chi connectivity index (χ3n) is 4.07. The molecule has 1 aliphatic rings. The molecule has 0 radical (unpaired) electrons. The molecule has 2 atom stereocenters. The molecule has 3 rings (SSSR count). The molecule has 17 heavy (non-hydrogen) atoms. The van der Waals surface area contributed by atoms with Crippen molar-refractivity contribution in [3.05, 3.63) is 35.0 Å². The second kappa shape index (κ2) is 4.38. The Morgan fingerprint density at radius 1 is 1.29 bits per heavy atom. The molecule has 90 valence electrons. The first-order valence-corrected chi connectivity index (χ1v) is 6.89. The highest BCUT2D eigenvalue weighted by atomic mass is 35.5. The fraction of sp³-hybridized carbons (Fsp3) is 0.467. The Balaban J connectivity index is 2.02. The average Bonchev–Trinajstić information content (AvgIpc) is 2.74. The van der Waals surface area contributed by atoms with Crippen LogP contribution in [0.4, 0.5) is 0 Å². The highest BCUT2D eigenvalue weighted by Crippen LogP contribution is 2.39. The van der Waals surface area contributed by atoms with Gasteiger partial charge in [0.2, 0.25) is 0 Å². The van der Waals surface area contributed by atoms with Gasteiger partial charge < -0.3 is 4.98 Å². The van der Waals surface area contributed by atoms with Gasteiger partial charge in [-0.15, -0.1) is 0 Å². The number of benzene rings is 1. The SMILES string of the molecule is CC1CCCC(c2c[nH]c3c(Cl)cccc23)C1. The third-order valence-corrected chi connectivity index (χ3v) is 4.39. The van der Waals surface area contributed by atoms with Crippen molar-refractivity contribution in [3.63, 3.8) is 0 Å². The summed E-state index contributed by atoms with van der Waals surface area (Å²) < 4.78 is 0.